The van der Waals surface area contributed by atoms with Crippen molar-refractivity contribution in [3.63, 3.8) is 0 Å². The number of aryl methyl sites for hydroxylation is 2. The number of carbonyl (C=O) groups excluding carboxylic acids is 1. The van der Waals surface area contributed by atoms with E-state index in [9.17, 15) is 9.18 Å². The van der Waals surface area contributed by atoms with E-state index in [1.807, 2.05) is 29.2 Å². The van der Waals surface area contributed by atoms with Crippen molar-refractivity contribution in [3.8, 4) is 0 Å². The van der Waals surface area contributed by atoms with Crippen LogP contribution in [0, 0.1) is 13.8 Å². The minimum Gasteiger partial charge on any atom is -0.366 e. The average Bonchev–Trinajstić information content (AvgIpc) is 3.24. The largest absolute Gasteiger partial charge is 0.366 e. The summed E-state index contributed by atoms with van der Waals surface area (Å²) in [5, 5.41) is 2.75. The van der Waals surface area contributed by atoms with E-state index in [2.05, 4.69) is 41.3 Å². The number of benzene rings is 2. The molecule has 1 aliphatic heterocycles. The highest BCUT2D eigenvalue weighted by molar-refractivity contribution is 5.88. The van der Waals surface area contributed by atoms with Crippen LogP contribution in [-0.2, 0) is 22.7 Å². The first-order valence-corrected chi connectivity index (χ1v) is 10.2. The second-order valence-electron chi connectivity index (χ2n) is 8.07. The second-order valence-corrected chi connectivity index (χ2v) is 8.07. The van der Waals surface area contributed by atoms with Crippen LogP contribution < -0.4 is 5.32 Å². The quantitative estimate of drug-likeness (QED) is 0.647. The van der Waals surface area contributed by atoms with E-state index in [-0.39, 0.29) is 12.5 Å². The Labute approximate surface area is 175 Å². The molecule has 0 unspecified atom stereocenters. The number of H-pyrrole nitrogens is 1. The van der Waals surface area contributed by atoms with Crippen LogP contribution in [-0.4, -0.2) is 46.1 Å². The summed E-state index contributed by atoms with van der Waals surface area (Å²) in [5.41, 5.74) is 6.11. The highest BCUT2D eigenvalue weighted by atomic mass is 19.1. The molecule has 2 atom stereocenters. The normalized spacial score (nSPS) is 19.5. The second kappa shape index (κ2) is 8.53. The smallest absolute Gasteiger partial charge is 0.221 e. The average molecular weight is 410 g/mol. The number of aromatic nitrogens is 2. The number of aromatic amines is 1. The molecule has 1 aromatic heterocycles. The third kappa shape index (κ3) is 4.68. The molecule has 0 radical (unpaired) electrons. The fourth-order valence-electron chi connectivity index (χ4n) is 3.83. The number of likely N-dealkylation sites (tertiary alicyclic amines) is 1. The highest BCUT2D eigenvalue weighted by Gasteiger charge is 2.33. The summed E-state index contributed by atoms with van der Waals surface area (Å²) in [4.78, 5) is 21.0. The van der Waals surface area contributed by atoms with Crippen LogP contribution in [0.3, 0.4) is 0 Å². The van der Waals surface area contributed by atoms with Crippen LogP contribution in [0.5, 0.6) is 0 Å². The molecule has 1 amide bonds. The zero-order valence-electron chi connectivity index (χ0n) is 17.5. The fraction of sp³-hybridized carbons (Fsp3) is 0.391. The van der Waals surface area contributed by atoms with E-state index in [1.54, 1.807) is 0 Å². The van der Waals surface area contributed by atoms with Gasteiger partial charge in [0, 0.05) is 32.2 Å². The molecule has 2 heterocycles. The van der Waals surface area contributed by atoms with Gasteiger partial charge in [0.25, 0.3) is 0 Å². The Morgan fingerprint density at radius 3 is 2.70 bits per heavy atom. The summed E-state index contributed by atoms with van der Waals surface area (Å²) < 4.78 is 20.4. The predicted octanol–water partition coefficient (Wildman–Crippen LogP) is 3.88. The number of fused-ring (bicyclic) bond motifs is 1. The number of hydrogen-bond acceptors (Lipinski definition) is 4. The molecule has 2 aromatic carbocycles. The van der Waals surface area contributed by atoms with E-state index in [0.717, 1.165) is 22.3 Å². The summed E-state index contributed by atoms with van der Waals surface area (Å²) in [6.45, 7) is 7.39. The molecule has 3 aromatic rings. The summed E-state index contributed by atoms with van der Waals surface area (Å²) in [7, 11) is 0. The van der Waals surface area contributed by atoms with Gasteiger partial charge in [0.2, 0.25) is 5.91 Å². The van der Waals surface area contributed by atoms with Crippen molar-refractivity contribution < 1.29 is 13.9 Å². The summed E-state index contributed by atoms with van der Waals surface area (Å²) >= 11 is 0. The third-order valence-corrected chi connectivity index (χ3v) is 5.54. The molecular weight excluding hydrogens is 383 g/mol. The highest BCUT2D eigenvalue weighted by Crippen LogP contribution is 2.22. The van der Waals surface area contributed by atoms with E-state index in [1.165, 1.54) is 18.1 Å². The van der Waals surface area contributed by atoms with Crippen molar-refractivity contribution in [2.75, 3.05) is 18.4 Å². The Bertz CT molecular complexity index is 1010. The Morgan fingerprint density at radius 1 is 1.23 bits per heavy atom. The maximum Gasteiger partial charge on any atom is 0.221 e. The molecule has 30 heavy (non-hydrogen) atoms. The maximum atomic E-state index is 14.5. The molecule has 1 fully saturated rings. The Hall–Kier alpha value is -2.77. The first-order valence-electron chi connectivity index (χ1n) is 10.2. The number of rotatable bonds is 6. The van der Waals surface area contributed by atoms with Gasteiger partial charge in [-0.05, 0) is 54.8 Å². The van der Waals surface area contributed by atoms with Crippen molar-refractivity contribution in [2.45, 2.75) is 46.2 Å². The fourth-order valence-corrected chi connectivity index (χ4v) is 3.83. The number of nitrogens with zero attached hydrogens (tertiary/aromatic N) is 2. The van der Waals surface area contributed by atoms with Gasteiger partial charge in [-0.15, -0.1) is 0 Å². The van der Waals surface area contributed by atoms with Gasteiger partial charge in [-0.25, -0.2) is 9.37 Å². The van der Waals surface area contributed by atoms with Gasteiger partial charge in [-0.1, -0.05) is 12.1 Å². The molecule has 0 bridgehead atoms. The topological polar surface area (TPSA) is 70.2 Å². The molecule has 0 spiro atoms. The number of carbonyl (C=O) groups is 1. The van der Waals surface area contributed by atoms with Crippen molar-refractivity contribution in [3.05, 3.63) is 58.9 Å². The molecule has 1 aliphatic rings. The summed E-state index contributed by atoms with van der Waals surface area (Å²) in [5.74, 6) is 0.617. The van der Waals surface area contributed by atoms with E-state index in [0.29, 0.717) is 25.5 Å². The number of halogens is 1. The summed E-state index contributed by atoms with van der Waals surface area (Å²) in [6, 6.07) is 11.7. The van der Waals surface area contributed by atoms with Crippen LogP contribution in [0.4, 0.5) is 10.1 Å². The predicted molar refractivity (Wildman–Crippen MR) is 115 cm³/mol. The van der Waals surface area contributed by atoms with Gasteiger partial charge in [-0.2, -0.15) is 0 Å². The van der Waals surface area contributed by atoms with Crippen molar-refractivity contribution in [2.24, 2.45) is 0 Å². The number of ether oxygens (including phenoxy) is 1. The third-order valence-electron chi connectivity index (χ3n) is 5.54. The lowest BCUT2D eigenvalue weighted by molar-refractivity contribution is -0.114. The lowest BCUT2D eigenvalue weighted by atomic mass is 10.1. The molecular formula is C23H27FN4O2. The number of nitrogens with one attached hydrogen (secondary N) is 2. The van der Waals surface area contributed by atoms with Gasteiger partial charge in [0.05, 0.1) is 11.0 Å². The number of imidazole rings is 1. The standard InChI is InChI=1S/C23H27FN4O2/c1-14-8-20-21(9-15(14)2)27-23(26-20)13-30-22-12-28(11-19(22)24)10-17-4-6-18(7-5-17)25-16(3)29/h4-9,19,22H,10-13H2,1-3H3,(H,25,29)(H,26,27)/t19-,22+/m1/s1. The first kappa shape index (κ1) is 20.5. The van der Waals surface area contributed by atoms with Crippen LogP contribution >= 0.6 is 0 Å². The molecule has 0 aliphatic carbocycles. The van der Waals surface area contributed by atoms with Gasteiger partial charge >= 0.3 is 0 Å². The molecule has 2 N–H and O–H groups in total. The van der Waals surface area contributed by atoms with Gasteiger partial charge in [0.1, 0.15) is 24.7 Å². The molecule has 7 heteroatoms. The Morgan fingerprint density at radius 2 is 1.97 bits per heavy atom. The number of anilines is 1. The van der Waals surface area contributed by atoms with Crippen molar-refractivity contribution >= 4 is 22.6 Å². The SMILES string of the molecule is CC(=O)Nc1ccc(CN2C[C@@H](F)[C@@H](OCc3nc4cc(C)c(C)cc4[nH]3)C2)cc1. The zero-order valence-corrected chi connectivity index (χ0v) is 17.5. The lowest BCUT2D eigenvalue weighted by Gasteiger charge is -2.16. The Balaban J connectivity index is 1.32. The molecule has 158 valence electrons. The van der Waals surface area contributed by atoms with Crippen molar-refractivity contribution in [1.29, 1.82) is 0 Å². The minimum absolute atomic E-state index is 0.0997. The van der Waals surface area contributed by atoms with Crippen LogP contribution in [0.2, 0.25) is 0 Å². The van der Waals surface area contributed by atoms with Crippen LogP contribution in [0.15, 0.2) is 36.4 Å². The van der Waals surface area contributed by atoms with E-state index in [4.69, 9.17) is 4.74 Å². The molecule has 1 saturated heterocycles. The molecule has 4 rings (SSSR count). The van der Waals surface area contributed by atoms with E-state index >= 15 is 0 Å². The number of amides is 1. The van der Waals surface area contributed by atoms with Gasteiger partial charge < -0.3 is 15.0 Å². The van der Waals surface area contributed by atoms with Crippen LogP contribution in [0.25, 0.3) is 11.0 Å². The lowest BCUT2D eigenvalue weighted by Crippen LogP contribution is -2.24. The monoisotopic (exact) mass is 410 g/mol. The minimum atomic E-state index is -1.03. The van der Waals surface area contributed by atoms with E-state index < -0.39 is 12.3 Å². The number of hydrogen-bond donors (Lipinski definition) is 2. The van der Waals surface area contributed by atoms with Gasteiger partial charge in [-0.3, -0.25) is 9.69 Å². The molecule has 6 nitrogen and oxygen atoms in total. The molecule has 0 saturated carbocycles. The van der Waals surface area contributed by atoms with Gasteiger partial charge in [0.15, 0.2) is 0 Å². The van der Waals surface area contributed by atoms with Crippen LogP contribution in [0.1, 0.15) is 29.4 Å². The number of alkyl halides is 1. The first-order chi connectivity index (χ1) is 14.4. The van der Waals surface area contributed by atoms with Crippen molar-refractivity contribution in [1.82, 2.24) is 14.9 Å². The zero-order chi connectivity index (χ0) is 21.3. The Kier molecular flexibility index (Phi) is 5.83. The summed E-state index contributed by atoms with van der Waals surface area (Å²) in [6.07, 6.45) is -1.50. The maximum absolute atomic E-state index is 14.5.